The average Bonchev–Trinajstić information content (AvgIpc) is 3.14. The van der Waals surface area contributed by atoms with Crippen LogP contribution in [0.5, 0.6) is 0 Å². The fraction of sp³-hybridized carbons (Fsp3) is 0.167. The molecule has 128 valence electrons. The topological polar surface area (TPSA) is 84.2 Å². The number of thiazole rings is 1. The molecule has 0 fully saturated rings. The summed E-state index contributed by atoms with van der Waals surface area (Å²) in [6.07, 6.45) is 0. The van der Waals surface area contributed by atoms with Crippen molar-refractivity contribution < 1.29 is 14.0 Å². The summed E-state index contributed by atoms with van der Waals surface area (Å²) in [6, 6.07) is 9.07. The molecular weight excluding hydrogens is 338 g/mol. The van der Waals surface area contributed by atoms with E-state index in [-0.39, 0.29) is 11.8 Å². The maximum Gasteiger partial charge on any atom is 0.260 e. The van der Waals surface area contributed by atoms with Crippen molar-refractivity contribution in [2.24, 2.45) is 0 Å². The lowest BCUT2D eigenvalue weighted by Crippen LogP contribution is -2.11. The predicted octanol–water partition coefficient (Wildman–Crippen LogP) is 4.23. The number of hydrogen-bond acceptors (Lipinski definition) is 5. The van der Waals surface area contributed by atoms with Crippen LogP contribution in [-0.2, 0) is 4.79 Å². The highest BCUT2D eigenvalue weighted by Gasteiger charge is 2.15. The van der Waals surface area contributed by atoms with Gasteiger partial charge in [0.2, 0.25) is 5.91 Å². The van der Waals surface area contributed by atoms with E-state index in [1.807, 2.05) is 29.6 Å². The first-order valence-electron chi connectivity index (χ1n) is 7.64. The van der Waals surface area contributed by atoms with Crippen molar-refractivity contribution in [3.63, 3.8) is 0 Å². The fourth-order valence-electron chi connectivity index (χ4n) is 2.41. The number of benzene rings is 1. The van der Waals surface area contributed by atoms with Crippen LogP contribution in [0.2, 0.25) is 0 Å². The van der Waals surface area contributed by atoms with Crippen molar-refractivity contribution >= 4 is 34.0 Å². The molecule has 0 saturated carbocycles. The second-order valence-electron chi connectivity index (χ2n) is 5.58. The van der Waals surface area contributed by atoms with Crippen molar-refractivity contribution in [3.05, 3.63) is 52.8 Å². The normalized spacial score (nSPS) is 10.5. The molecule has 0 aliphatic heterocycles. The number of aryl methyl sites for hydroxylation is 2. The van der Waals surface area contributed by atoms with Gasteiger partial charge in [-0.1, -0.05) is 12.1 Å². The molecule has 6 nitrogen and oxygen atoms in total. The Labute approximate surface area is 148 Å². The number of carbonyl (C=O) groups excluding carboxylic acids is 2. The average molecular weight is 355 g/mol. The molecule has 0 unspecified atom stereocenters. The third-order valence-electron chi connectivity index (χ3n) is 3.51. The minimum Gasteiger partial charge on any atom is -0.466 e. The van der Waals surface area contributed by atoms with Gasteiger partial charge in [-0.3, -0.25) is 14.9 Å². The highest BCUT2D eigenvalue weighted by atomic mass is 32.1. The molecule has 0 saturated heterocycles. The van der Waals surface area contributed by atoms with Gasteiger partial charge in [0.05, 0.1) is 11.3 Å². The van der Waals surface area contributed by atoms with E-state index in [0.29, 0.717) is 22.2 Å². The summed E-state index contributed by atoms with van der Waals surface area (Å²) < 4.78 is 5.38. The van der Waals surface area contributed by atoms with Crippen LogP contribution in [0.4, 0.5) is 10.8 Å². The fourth-order valence-corrected chi connectivity index (χ4v) is 3.13. The van der Waals surface area contributed by atoms with Gasteiger partial charge in [0.1, 0.15) is 11.5 Å². The second kappa shape index (κ2) is 6.90. The van der Waals surface area contributed by atoms with Crippen LogP contribution < -0.4 is 10.6 Å². The molecule has 2 amide bonds. The van der Waals surface area contributed by atoms with Crippen LogP contribution >= 0.6 is 11.3 Å². The van der Waals surface area contributed by atoms with Crippen LogP contribution in [-0.4, -0.2) is 16.8 Å². The van der Waals surface area contributed by atoms with E-state index in [9.17, 15) is 9.59 Å². The molecule has 3 rings (SSSR count). The van der Waals surface area contributed by atoms with Gasteiger partial charge in [-0.25, -0.2) is 4.98 Å². The van der Waals surface area contributed by atoms with E-state index in [4.69, 9.17) is 4.42 Å². The first kappa shape index (κ1) is 16.9. The molecule has 0 bridgehead atoms. The lowest BCUT2D eigenvalue weighted by molar-refractivity contribution is -0.114. The largest absolute Gasteiger partial charge is 0.466 e. The highest BCUT2D eigenvalue weighted by Crippen LogP contribution is 2.26. The Balaban J connectivity index is 1.73. The Morgan fingerprint density at radius 3 is 2.44 bits per heavy atom. The van der Waals surface area contributed by atoms with E-state index in [2.05, 4.69) is 15.6 Å². The van der Waals surface area contributed by atoms with E-state index in [1.54, 1.807) is 19.9 Å². The number of anilines is 2. The number of carbonyl (C=O) groups is 2. The maximum absolute atomic E-state index is 12.3. The molecule has 0 aliphatic carbocycles. The molecule has 0 radical (unpaired) electrons. The Kier molecular flexibility index (Phi) is 4.67. The SMILES string of the molecule is CC(=O)Nc1ccc(-c2csc(NC(=O)c3cc(C)oc3C)n2)cc1. The molecule has 2 heterocycles. The van der Waals surface area contributed by atoms with Gasteiger partial charge < -0.3 is 9.73 Å². The van der Waals surface area contributed by atoms with Crippen molar-refractivity contribution in [1.29, 1.82) is 0 Å². The van der Waals surface area contributed by atoms with Gasteiger partial charge >= 0.3 is 0 Å². The number of nitrogens with one attached hydrogen (secondary N) is 2. The van der Waals surface area contributed by atoms with Gasteiger partial charge in [0.15, 0.2) is 5.13 Å². The molecule has 0 aliphatic rings. The number of nitrogens with zero attached hydrogens (tertiary/aromatic N) is 1. The standard InChI is InChI=1S/C18H17N3O3S/c1-10-8-15(11(2)24-10)17(23)21-18-20-16(9-25-18)13-4-6-14(7-5-13)19-12(3)22/h4-9H,1-3H3,(H,19,22)(H,20,21,23). The first-order chi connectivity index (χ1) is 11.9. The lowest BCUT2D eigenvalue weighted by atomic mass is 10.1. The molecule has 2 aromatic heterocycles. The maximum atomic E-state index is 12.3. The van der Waals surface area contributed by atoms with Crippen molar-refractivity contribution in [3.8, 4) is 11.3 Å². The van der Waals surface area contributed by atoms with E-state index in [1.165, 1.54) is 18.3 Å². The first-order valence-corrected chi connectivity index (χ1v) is 8.52. The third-order valence-corrected chi connectivity index (χ3v) is 4.27. The molecule has 0 atom stereocenters. The van der Waals surface area contributed by atoms with Gasteiger partial charge in [0, 0.05) is 23.6 Å². The van der Waals surface area contributed by atoms with Crippen molar-refractivity contribution in [1.82, 2.24) is 4.98 Å². The zero-order valence-electron chi connectivity index (χ0n) is 14.0. The summed E-state index contributed by atoms with van der Waals surface area (Å²) in [7, 11) is 0. The monoisotopic (exact) mass is 355 g/mol. The number of amides is 2. The third kappa shape index (κ3) is 3.95. The van der Waals surface area contributed by atoms with Crippen molar-refractivity contribution in [2.45, 2.75) is 20.8 Å². The molecular formula is C18H17N3O3S. The number of hydrogen-bond donors (Lipinski definition) is 2. The zero-order valence-corrected chi connectivity index (χ0v) is 14.9. The number of furan rings is 1. The Morgan fingerprint density at radius 2 is 1.84 bits per heavy atom. The summed E-state index contributed by atoms with van der Waals surface area (Å²) in [4.78, 5) is 27.8. The predicted molar refractivity (Wildman–Crippen MR) is 98.0 cm³/mol. The van der Waals surface area contributed by atoms with E-state index >= 15 is 0 Å². The lowest BCUT2D eigenvalue weighted by Gasteiger charge is -2.03. The van der Waals surface area contributed by atoms with E-state index in [0.717, 1.165) is 16.9 Å². The van der Waals surface area contributed by atoms with Crippen molar-refractivity contribution in [2.75, 3.05) is 10.6 Å². The highest BCUT2D eigenvalue weighted by molar-refractivity contribution is 7.14. The Bertz CT molecular complexity index is 925. The van der Waals surface area contributed by atoms with Crippen LogP contribution in [0.1, 0.15) is 28.8 Å². The summed E-state index contributed by atoms with van der Waals surface area (Å²) in [6.45, 7) is 5.02. The molecule has 2 N–H and O–H groups in total. The Hall–Kier alpha value is -2.93. The zero-order chi connectivity index (χ0) is 18.0. The molecule has 0 spiro atoms. The quantitative estimate of drug-likeness (QED) is 0.733. The van der Waals surface area contributed by atoms with Gasteiger partial charge in [0.25, 0.3) is 5.91 Å². The minimum absolute atomic E-state index is 0.115. The van der Waals surface area contributed by atoms with Gasteiger partial charge in [-0.15, -0.1) is 11.3 Å². The van der Waals surface area contributed by atoms with E-state index < -0.39 is 0 Å². The van der Waals surface area contributed by atoms with Gasteiger partial charge in [-0.2, -0.15) is 0 Å². The summed E-state index contributed by atoms with van der Waals surface area (Å²) >= 11 is 1.35. The second-order valence-corrected chi connectivity index (χ2v) is 6.44. The van der Waals surface area contributed by atoms with Crippen LogP contribution in [0, 0.1) is 13.8 Å². The van der Waals surface area contributed by atoms with Gasteiger partial charge in [-0.05, 0) is 32.0 Å². The Morgan fingerprint density at radius 1 is 1.12 bits per heavy atom. The summed E-state index contributed by atoms with van der Waals surface area (Å²) in [5, 5.41) is 7.90. The summed E-state index contributed by atoms with van der Waals surface area (Å²) in [5.41, 5.74) is 2.90. The molecule has 1 aromatic carbocycles. The summed E-state index contributed by atoms with van der Waals surface area (Å²) in [5.74, 6) is 0.925. The number of rotatable bonds is 4. The van der Waals surface area contributed by atoms with Crippen LogP contribution in [0.15, 0.2) is 40.1 Å². The molecule has 3 aromatic rings. The smallest absolute Gasteiger partial charge is 0.260 e. The van der Waals surface area contributed by atoms with Crippen LogP contribution in [0.3, 0.4) is 0 Å². The molecule has 7 heteroatoms. The molecule has 25 heavy (non-hydrogen) atoms. The minimum atomic E-state index is -0.240. The number of aromatic nitrogens is 1. The van der Waals surface area contributed by atoms with Crippen LogP contribution in [0.25, 0.3) is 11.3 Å².